The molecule has 0 radical (unpaired) electrons. The monoisotopic (exact) mass is 468 g/mol. The third kappa shape index (κ3) is 5.30. The maximum absolute atomic E-state index is 12.2. The van der Waals surface area contributed by atoms with E-state index in [1.165, 1.54) is 0 Å². The number of Topliss-reactive ketones (excluding diaryl/α,β-unsaturated/α-hetero) is 1. The van der Waals surface area contributed by atoms with Crippen LogP contribution in [0.5, 0.6) is 0 Å². The number of hydrogen-bond donors (Lipinski definition) is 1. The lowest BCUT2D eigenvalue weighted by Crippen LogP contribution is -2.17. The van der Waals surface area contributed by atoms with Gasteiger partial charge in [-0.05, 0) is 49.2 Å². The number of hydrogen-bond acceptors (Lipinski definition) is 5. The normalized spacial score (nSPS) is 10.6. The molecule has 3 rings (SSSR count). The number of anilines is 1. The molecule has 0 saturated carbocycles. The average molecular weight is 469 g/mol. The number of aryl methyl sites for hydroxylation is 2. The zero-order valence-corrected chi connectivity index (χ0v) is 18.3. The van der Waals surface area contributed by atoms with Gasteiger partial charge in [-0.15, -0.1) is 0 Å². The first-order valence-corrected chi connectivity index (χ1v) is 10.2. The number of nitrogens with one attached hydrogen (secondary N) is 1. The van der Waals surface area contributed by atoms with Crippen LogP contribution in [-0.2, 0) is 14.3 Å². The number of fused-ring (bicyclic) bond motifs is 1. The number of halogens is 1. The molecule has 1 amide bonds. The van der Waals surface area contributed by atoms with Gasteiger partial charge in [-0.3, -0.25) is 19.4 Å². The highest BCUT2D eigenvalue weighted by Gasteiger charge is 2.14. The van der Waals surface area contributed by atoms with Crippen LogP contribution in [0.3, 0.4) is 0 Å². The van der Waals surface area contributed by atoms with Crippen molar-refractivity contribution in [3.63, 3.8) is 0 Å². The van der Waals surface area contributed by atoms with Crippen LogP contribution in [-0.4, -0.2) is 29.3 Å². The summed E-state index contributed by atoms with van der Waals surface area (Å²) in [5.41, 5.74) is 3.80. The van der Waals surface area contributed by atoms with E-state index in [1.54, 1.807) is 24.4 Å². The highest BCUT2D eigenvalue weighted by atomic mass is 79.9. The van der Waals surface area contributed by atoms with Gasteiger partial charge < -0.3 is 10.1 Å². The Morgan fingerprint density at radius 1 is 1.03 bits per heavy atom. The van der Waals surface area contributed by atoms with E-state index < -0.39 is 5.97 Å². The lowest BCUT2D eigenvalue weighted by Gasteiger charge is -2.09. The van der Waals surface area contributed by atoms with Gasteiger partial charge in [0.05, 0.1) is 17.6 Å². The second-order valence-corrected chi connectivity index (χ2v) is 7.78. The Hall–Kier alpha value is -3.06. The molecule has 0 atom stereocenters. The molecule has 0 aliphatic rings. The number of aromatic nitrogens is 1. The highest BCUT2D eigenvalue weighted by molar-refractivity contribution is 9.10. The summed E-state index contributed by atoms with van der Waals surface area (Å²) in [7, 11) is 0. The molecular formula is C23H21BrN2O4. The summed E-state index contributed by atoms with van der Waals surface area (Å²) in [6, 6.07) is 12.6. The van der Waals surface area contributed by atoms with Gasteiger partial charge in [0.25, 0.3) is 0 Å². The first-order valence-electron chi connectivity index (χ1n) is 9.44. The van der Waals surface area contributed by atoms with E-state index in [1.807, 2.05) is 38.1 Å². The molecule has 1 aromatic heterocycles. The fourth-order valence-electron chi connectivity index (χ4n) is 2.88. The molecule has 0 spiro atoms. The smallest absolute Gasteiger partial charge is 0.306 e. The summed E-state index contributed by atoms with van der Waals surface area (Å²) < 4.78 is 5.90. The number of ether oxygens (including phenoxy) is 1. The fourth-order valence-corrected chi connectivity index (χ4v) is 3.34. The number of nitrogens with zero attached hydrogens (tertiary/aromatic N) is 1. The number of carbonyl (C=O) groups excluding carboxylic acids is 3. The summed E-state index contributed by atoms with van der Waals surface area (Å²) in [4.78, 5) is 40.7. The van der Waals surface area contributed by atoms with Gasteiger partial charge in [-0.1, -0.05) is 34.1 Å². The van der Waals surface area contributed by atoms with Crippen LogP contribution in [0.4, 0.5) is 5.69 Å². The molecule has 6 nitrogen and oxygen atoms in total. The quantitative estimate of drug-likeness (QED) is 0.399. The molecule has 0 unspecified atom stereocenters. The van der Waals surface area contributed by atoms with Crippen LogP contribution in [0.15, 0.2) is 53.1 Å². The summed E-state index contributed by atoms with van der Waals surface area (Å²) >= 11 is 3.46. The zero-order chi connectivity index (χ0) is 21.7. The summed E-state index contributed by atoms with van der Waals surface area (Å²) in [6.07, 6.45) is 1.48. The van der Waals surface area contributed by atoms with Crippen molar-refractivity contribution < 1.29 is 19.1 Å². The molecule has 3 aromatic rings. The largest absolute Gasteiger partial charge is 0.457 e. The van der Waals surface area contributed by atoms with Gasteiger partial charge in [0.2, 0.25) is 5.91 Å². The van der Waals surface area contributed by atoms with Crippen LogP contribution in [0, 0.1) is 13.8 Å². The molecule has 7 heteroatoms. The molecule has 0 fully saturated rings. The van der Waals surface area contributed by atoms with Gasteiger partial charge in [0, 0.05) is 28.0 Å². The molecule has 0 aliphatic heterocycles. The number of benzene rings is 2. The molecule has 154 valence electrons. The maximum Gasteiger partial charge on any atom is 0.306 e. The first kappa shape index (κ1) is 21.6. The molecule has 30 heavy (non-hydrogen) atoms. The Morgan fingerprint density at radius 3 is 2.60 bits per heavy atom. The topological polar surface area (TPSA) is 85.4 Å². The third-order valence-electron chi connectivity index (χ3n) is 4.74. The lowest BCUT2D eigenvalue weighted by molar-refractivity contribution is -0.143. The zero-order valence-electron chi connectivity index (χ0n) is 16.7. The van der Waals surface area contributed by atoms with E-state index in [2.05, 4.69) is 26.2 Å². The standard InChI is InChI=1S/C23H21BrN2O4/c1-14-5-6-16(12-15(14)2)20(27)13-30-22(29)10-9-21(28)26-19-8-7-18(24)17-4-3-11-25-23(17)19/h3-8,11-12H,9-10,13H2,1-2H3,(H,26,28). The van der Waals surface area contributed by atoms with Crippen molar-refractivity contribution in [2.24, 2.45) is 0 Å². The highest BCUT2D eigenvalue weighted by Crippen LogP contribution is 2.28. The Kier molecular flexibility index (Phi) is 6.95. The first-order chi connectivity index (χ1) is 14.3. The number of carbonyl (C=O) groups is 3. The van der Waals surface area contributed by atoms with Crippen molar-refractivity contribution in [3.05, 3.63) is 69.8 Å². The third-order valence-corrected chi connectivity index (χ3v) is 5.43. The van der Waals surface area contributed by atoms with E-state index in [4.69, 9.17) is 4.74 Å². The Bertz CT molecular complexity index is 1130. The van der Waals surface area contributed by atoms with Gasteiger partial charge in [-0.2, -0.15) is 0 Å². The van der Waals surface area contributed by atoms with Crippen LogP contribution >= 0.6 is 15.9 Å². The lowest BCUT2D eigenvalue weighted by atomic mass is 10.0. The van der Waals surface area contributed by atoms with Crippen LogP contribution in [0.1, 0.15) is 34.3 Å². The average Bonchev–Trinajstić information content (AvgIpc) is 2.74. The number of amides is 1. The van der Waals surface area contributed by atoms with E-state index in [0.29, 0.717) is 16.8 Å². The van der Waals surface area contributed by atoms with Crippen molar-refractivity contribution >= 4 is 50.2 Å². The minimum absolute atomic E-state index is 0.0545. The van der Waals surface area contributed by atoms with Gasteiger partial charge in [-0.25, -0.2) is 0 Å². The van der Waals surface area contributed by atoms with E-state index in [0.717, 1.165) is 21.0 Å². The Morgan fingerprint density at radius 2 is 1.83 bits per heavy atom. The molecule has 0 saturated heterocycles. The van der Waals surface area contributed by atoms with E-state index in [9.17, 15) is 14.4 Å². The van der Waals surface area contributed by atoms with E-state index in [-0.39, 0.29) is 31.1 Å². The van der Waals surface area contributed by atoms with Crippen LogP contribution in [0.25, 0.3) is 10.9 Å². The van der Waals surface area contributed by atoms with Crippen molar-refractivity contribution in [2.45, 2.75) is 26.7 Å². The van der Waals surface area contributed by atoms with Gasteiger partial charge in [0.15, 0.2) is 12.4 Å². The predicted octanol–water partition coefficient (Wildman–Crippen LogP) is 4.76. The molecule has 2 aromatic carbocycles. The molecule has 0 bridgehead atoms. The molecule has 0 aliphatic carbocycles. The molecular weight excluding hydrogens is 448 g/mol. The Labute approximate surface area is 182 Å². The number of esters is 1. The summed E-state index contributed by atoms with van der Waals surface area (Å²) in [5, 5.41) is 3.65. The van der Waals surface area contributed by atoms with Crippen molar-refractivity contribution in [1.29, 1.82) is 0 Å². The van der Waals surface area contributed by atoms with Gasteiger partial charge in [0.1, 0.15) is 0 Å². The number of rotatable bonds is 7. The maximum atomic E-state index is 12.2. The predicted molar refractivity (Wildman–Crippen MR) is 119 cm³/mol. The number of pyridine rings is 1. The minimum Gasteiger partial charge on any atom is -0.457 e. The second-order valence-electron chi connectivity index (χ2n) is 6.93. The van der Waals surface area contributed by atoms with Crippen molar-refractivity contribution in [3.8, 4) is 0 Å². The van der Waals surface area contributed by atoms with E-state index >= 15 is 0 Å². The second kappa shape index (κ2) is 9.63. The van der Waals surface area contributed by atoms with Crippen molar-refractivity contribution in [1.82, 2.24) is 4.98 Å². The van der Waals surface area contributed by atoms with Gasteiger partial charge >= 0.3 is 5.97 Å². The van der Waals surface area contributed by atoms with Crippen molar-refractivity contribution in [2.75, 3.05) is 11.9 Å². The van der Waals surface area contributed by atoms with Crippen LogP contribution < -0.4 is 5.32 Å². The Balaban J connectivity index is 1.50. The fraction of sp³-hybridized carbons (Fsp3) is 0.217. The SMILES string of the molecule is Cc1ccc(C(=O)COC(=O)CCC(=O)Nc2ccc(Br)c3cccnc23)cc1C. The summed E-state index contributed by atoms with van der Waals surface area (Å²) in [6.45, 7) is 3.53. The molecule has 1 N–H and O–H groups in total. The summed E-state index contributed by atoms with van der Waals surface area (Å²) in [5.74, 6) is -1.20. The van der Waals surface area contributed by atoms with Crippen LogP contribution in [0.2, 0.25) is 0 Å². The molecule has 1 heterocycles. The minimum atomic E-state index is -0.596. The number of ketones is 1.